The number of nitrogens with zero attached hydrogens (tertiary/aromatic N) is 10. The molecule has 4 heterocycles. The fourth-order valence-electron chi connectivity index (χ4n) is 7.80. The number of aryl methyl sites for hydroxylation is 2. The van der Waals surface area contributed by atoms with Crippen molar-refractivity contribution in [2.75, 3.05) is 0 Å². The van der Waals surface area contributed by atoms with Crippen LogP contribution >= 0.6 is 0 Å². The van der Waals surface area contributed by atoms with Crippen LogP contribution < -0.4 is 5.73 Å². The van der Waals surface area contributed by atoms with Gasteiger partial charge in [-0.3, -0.25) is 14.6 Å². The molecule has 0 aliphatic heterocycles. The summed E-state index contributed by atoms with van der Waals surface area (Å²) in [7, 11) is 0. The minimum atomic E-state index is -0.538. The lowest BCUT2D eigenvalue weighted by Gasteiger charge is -2.36. The summed E-state index contributed by atoms with van der Waals surface area (Å²) in [5, 5.41) is 11.0. The highest BCUT2D eigenvalue weighted by Crippen LogP contribution is 2.34. The average molecular weight is 668 g/mol. The van der Waals surface area contributed by atoms with E-state index in [1.807, 2.05) is 27.7 Å². The highest BCUT2D eigenvalue weighted by molar-refractivity contribution is 6.04. The molecule has 12 heteroatoms. The summed E-state index contributed by atoms with van der Waals surface area (Å²) in [6.07, 6.45) is 8.56. The van der Waals surface area contributed by atoms with Gasteiger partial charge in [-0.15, -0.1) is 0 Å². The molecule has 0 saturated carbocycles. The van der Waals surface area contributed by atoms with Crippen LogP contribution in [0.2, 0.25) is 0 Å². The number of hydrogen-bond donors (Lipinski definition) is 1. The summed E-state index contributed by atoms with van der Waals surface area (Å²) >= 11 is 0. The SMILES string of the molecule is CC(C)N(C(C)C)C(C)CCn1ncc2c(-c3ccc(C(N)=O)c(-c4ncnc5c4cnn5CCC(C)N(C(C)C)C(C)C)c3)ncnc21. The number of primary amides is 1. The zero-order valence-electron chi connectivity index (χ0n) is 30.8. The van der Waals surface area contributed by atoms with E-state index in [1.165, 1.54) is 6.33 Å². The quantitative estimate of drug-likeness (QED) is 0.138. The maximum atomic E-state index is 12.7. The van der Waals surface area contributed by atoms with Gasteiger partial charge in [0.1, 0.15) is 12.7 Å². The van der Waals surface area contributed by atoms with Crippen molar-refractivity contribution >= 4 is 28.0 Å². The first-order valence-corrected chi connectivity index (χ1v) is 17.6. The molecule has 2 unspecified atom stereocenters. The maximum Gasteiger partial charge on any atom is 0.249 e. The third kappa shape index (κ3) is 7.50. The van der Waals surface area contributed by atoms with Crippen LogP contribution in [0.5, 0.6) is 0 Å². The van der Waals surface area contributed by atoms with Crippen LogP contribution in [0.25, 0.3) is 44.6 Å². The summed E-state index contributed by atoms with van der Waals surface area (Å²) in [5.41, 5.74) is 10.5. The molecule has 1 amide bonds. The molecule has 0 spiro atoms. The van der Waals surface area contributed by atoms with Crippen LogP contribution in [0.1, 0.15) is 92.4 Å². The highest BCUT2D eigenvalue weighted by Gasteiger charge is 2.24. The molecule has 0 radical (unpaired) electrons. The molecular weight excluding hydrogens is 614 g/mol. The molecule has 5 rings (SSSR count). The number of aromatic nitrogens is 8. The molecule has 12 nitrogen and oxygen atoms in total. The lowest BCUT2D eigenvalue weighted by molar-refractivity contribution is 0.100. The summed E-state index contributed by atoms with van der Waals surface area (Å²) in [5.74, 6) is -0.538. The Bertz CT molecular complexity index is 1870. The van der Waals surface area contributed by atoms with Gasteiger partial charge < -0.3 is 5.73 Å². The van der Waals surface area contributed by atoms with Gasteiger partial charge in [0.05, 0.1) is 34.6 Å². The maximum absolute atomic E-state index is 12.7. The monoisotopic (exact) mass is 667 g/mol. The van der Waals surface area contributed by atoms with Crippen molar-refractivity contribution in [1.82, 2.24) is 49.3 Å². The second-order valence-electron chi connectivity index (χ2n) is 14.3. The summed E-state index contributed by atoms with van der Waals surface area (Å²) in [4.78, 5) is 36.3. The van der Waals surface area contributed by atoms with Crippen molar-refractivity contribution in [3.8, 4) is 22.5 Å². The number of nitrogens with two attached hydrogens (primary N) is 1. The number of carbonyl (C=O) groups is 1. The van der Waals surface area contributed by atoms with Crippen LogP contribution in [0, 0.1) is 0 Å². The predicted molar refractivity (Wildman–Crippen MR) is 196 cm³/mol. The van der Waals surface area contributed by atoms with Crippen LogP contribution in [0.4, 0.5) is 0 Å². The fraction of sp³-hybridized carbons (Fsp3) is 0.541. The van der Waals surface area contributed by atoms with Gasteiger partial charge in [-0.1, -0.05) is 6.07 Å². The van der Waals surface area contributed by atoms with Gasteiger partial charge in [0.2, 0.25) is 5.91 Å². The number of carbonyl (C=O) groups excluding carboxylic acids is 1. The van der Waals surface area contributed by atoms with E-state index in [0.29, 0.717) is 65.3 Å². The minimum absolute atomic E-state index is 0.365. The highest BCUT2D eigenvalue weighted by atomic mass is 16.1. The standard InChI is InChI=1S/C37H53N11O/c1-22(2)47(23(3)4)26(9)13-15-45-36-31(18-43-45)33(39-20-41-36)28-11-12-29(35(38)49)30(17-28)34-32-19-44-46(37(32)42-21-40-34)16-14-27(10)48(24(5)6)25(7)8/h11-12,17-27H,13-16H2,1-10H3,(H2,38,49). The lowest BCUT2D eigenvalue weighted by atomic mass is 9.97. The summed E-state index contributed by atoms with van der Waals surface area (Å²) in [6.45, 7) is 23.9. The molecule has 5 aromatic rings. The van der Waals surface area contributed by atoms with E-state index in [9.17, 15) is 4.79 Å². The van der Waals surface area contributed by atoms with Gasteiger partial charge in [-0.05, 0) is 94.2 Å². The summed E-state index contributed by atoms with van der Waals surface area (Å²) in [6, 6.07) is 8.08. The van der Waals surface area contributed by atoms with Crippen molar-refractivity contribution in [2.45, 2.75) is 131 Å². The van der Waals surface area contributed by atoms with E-state index >= 15 is 0 Å². The molecule has 2 N–H and O–H groups in total. The molecule has 49 heavy (non-hydrogen) atoms. The largest absolute Gasteiger partial charge is 0.366 e. The molecule has 0 aliphatic rings. The topological polar surface area (TPSA) is 137 Å². The van der Waals surface area contributed by atoms with Crippen LogP contribution in [0.3, 0.4) is 0 Å². The number of fused-ring (bicyclic) bond motifs is 2. The second-order valence-corrected chi connectivity index (χ2v) is 14.3. The Morgan fingerprint density at radius 2 is 1.12 bits per heavy atom. The predicted octanol–water partition coefficient (Wildman–Crippen LogP) is 6.19. The van der Waals surface area contributed by atoms with Crippen LogP contribution in [0.15, 0.2) is 43.2 Å². The van der Waals surface area contributed by atoms with Gasteiger partial charge in [0.15, 0.2) is 11.3 Å². The third-order valence-electron chi connectivity index (χ3n) is 9.60. The number of hydrogen-bond acceptors (Lipinski definition) is 9. The van der Waals surface area contributed by atoms with Crippen molar-refractivity contribution in [3.63, 3.8) is 0 Å². The Labute approximate surface area is 290 Å². The van der Waals surface area contributed by atoms with E-state index in [1.54, 1.807) is 18.6 Å². The molecular formula is C37H53N11O. The molecule has 0 saturated heterocycles. The first kappa shape index (κ1) is 36.0. The van der Waals surface area contributed by atoms with Crippen molar-refractivity contribution in [1.29, 1.82) is 0 Å². The molecule has 1 aromatic carbocycles. The van der Waals surface area contributed by atoms with Crippen molar-refractivity contribution < 1.29 is 4.79 Å². The zero-order valence-corrected chi connectivity index (χ0v) is 30.8. The Kier molecular flexibility index (Phi) is 11.1. The van der Waals surface area contributed by atoms with E-state index in [2.05, 4.69) is 99.0 Å². The van der Waals surface area contributed by atoms with E-state index in [0.717, 1.165) is 47.1 Å². The zero-order chi connectivity index (χ0) is 35.6. The number of rotatable bonds is 15. The van der Waals surface area contributed by atoms with Crippen molar-refractivity contribution in [2.24, 2.45) is 5.73 Å². The average Bonchev–Trinajstić information content (AvgIpc) is 3.65. The molecule has 0 bridgehead atoms. The smallest absolute Gasteiger partial charge is 0.249 e. The van der Waals surface area contributed by atoms with E-state index in [-0.39, 0.29) is 0 Å². The summed E-state index contributed by atoms with van der Waals surface area (Å²) < 4.78 is 3.88. The minimum Gasteiger partial charge on any atom is -0.366 e. The first-order chi connectivity index (χ1) is 23.3. The Morgan fingerprint density at radius 3 is 1.57 bits per heavy atom. The van der Waals surface area contributed by atoms with Gasteiger partial charge in [-0.25, -0.2) is 29.3 Å². The van der Waals surface area contributed by atoms with Crippen LogP contribution in [-0.4, -0.2) is 91.5 Å². The fourth-order valence-corrected chi connectivity index (χ4v) is 7.80. The normalized spacial score (nSPS) is 13.7. The Balaban J connectivity index is 1.47. The Morgan fingerprint density at radius 1 is 0.673 bits per heavy atom. The molecule has 0 fully saturated rings. The van der Waals surface area contributed by atoms with Gasteiger partial charge in [0.25, 0.3) is 0 Å². The van der Waals surface area contributed by atoms with Crippen LogP contribution in [-0.2, 0) is 13.1 Å². The first-order valence-electron chi connectivity index (χ1n) is 17.6. The van der Waals surface area contributed by atoms with E-state index in [4.69, 9.17) is 15.9 Å². The molecule has 262 valence electrons. The second kappa shape index (κ2) is 15.1. The van der Waals surface area contributed by atoms with Gasteiger partial charge in [0, 0.05) is 66.0 Å². The van der Waals surface area contributed by atoms with E-state index < -0.39 is 5.91 Å². The van der Waals surface area contributed by atoms with Gasteiger partial charge in [-0.2, -0.15) is 10.2 Å². The van der Waals surface area contributed by atoms with Crippen molar-refractivity contribution in [3.05, 3.63) is 48.8 Å². The molecule has 2 atom stereocenters. The molecule has 4 aromatic heterocycles. The number of benzene rings is 1. The Hall–Kier alpha value is -4.29. The van der Waals surface area contributed by atoms with Gasteiger partial charge >= 0.3 is 0 Å². The third-order valence-corrected chi connectivity index (χ3v) is 9.60. The molecule has 0 aliphatic carbocycles. The lowest BCUT2D eigenvalue weighted by Crippen LogP contribution is -2.44. The number of amides is 1.